The first-order chi connectivity index (χ1) is 8.33. The third kappa shape index (κ3) is 3.07. The van der Waals surface area contributed by atoms with Crippen LogP contribution >= 0.6 is 35.6 Å². The Morgan fingerprint density at radius 3 is 2.68 bits per heavy atom. The minimum Gasteiger partial charge on any atom is -0.449 e. The molecule has 1 N–H and O–H groups in total. The van der Waals surface area contributed by atoms with E-state index in [1.165, 1.54) is 12.1 Å². The summed E-state index contributed by atoms with van der Waals surface area (Å²) in [4.78, 5) is 11.3. The lowest BCUT2D eigenvalue weighted by atomic mass is 9.80. The van der Waals surface area contributed by atoms with Crippen LogP contribution in [0.5, 0.6) is 0 Å². The first kappa shape index (κ1) is 16.3. The summed E-state index contributed by atoms with van der Waals surface area (Å²) in [5, 5.41) is 2.96. The van der Waals surface area contributed by atoms with E-state index in [9.17, 15) is 9.18 Å². The van der Waals surface area contributed by atoms with Gasteiger partial charge < -0.3 is 10.1 Å². The Hall–Kier alpha value is -0.710. The molecule has 1 atom stereocenters. The topological polar surface area (TPSA) is 38.3 Å². The molecule has 0 unspecified atom stereocenters. The minimum atomic E-state index is -0.588. The van der Waals surface area contributed by atoms with E-state index in [0.717, 1.165) is 0 Å². The zero-order valence-electron chi connectivity index (χ0n) is 10.3. The Bertz CT molecular complexity index is 508. The molecule has 19 heavy (non-hydrogen) atoms. The summed E-state index contributed by atoms with van der Waals surface area (Å²) in [6, 6.07) is 2.04. The van der Waals surface area contributed by atoms with Crippen LogP contribution in [0.3, 0.4) is 0 Å². The summed E-state index contributed by atoms with van der Waals surface area (Å²) in [5.41, 5.74) is -0.283. The molecule has 0 saturated carbocycles. The van der Waals surface area contributed by atoms with Crippen molar-refractivity contribution in [3.63, 3.8) is 0 Å². The molecule has 1 aliphatic rings. The summed E-state index contributed by atoms with van der Waals surface area (Å²) in [6.07, 6.45) is -0.588. The van der Waals surface area contributed by atoms with Crippen LogP contribution in [-0.4, -0.2) is 12.7 Å². The number of carbonyl (C=O) groups is 1. The summed E-state index contributed by atoms with van der Waals surface area (Å²) in [6.45, 7) is 3.90. The lowest BCUT2D eigenvalue weighted by Gasteiger charge is -2.39. The molecule has 0 aliphatic carbocycles. The van der Waals surface area contributed by atoms with Gasteiger partial charge in [0.05, 0.1) is 16.1 Å². The van der Waals surface area contributed by atoms with E-state index < -0.39 is 23.4 Å². The molecule has 3 nitrogen and oxygen atoms in total. The van der Waals surface area contributed by atoms with Crippen molar-refractivity contribution < 1.29 is 13.9 Å². The quantitative estimate of drug-likeness (QED) is 0.778. The highest BCUT2D eigenvalue weighted by Crippen LogP contribution is 2.42. The third-order valence-electron chi connectivity index (χ3n) is 2.99. The van der Waals surface area contributed by atoms with Gasteiger partial charge in [-0.05, 0) is 12.1 Å². The number of halogens is 4. The average molecular weight is 329 g/mol. The number of ether oxygens (including phenoxy) is 1. The molecule has 1 fully saturated rings. The van der Waals surface area contributed by atoms with Crippen molar-refractivity contribution in [1.82, 2.24) is 5.32 Å². The predicted molar refractivity (Wildman–Crippen MR) is 74.7 cm³/mol. The Kier molecular flexibility index (Phi) is 4.93. The number of hydrogen-bond acceptors (Lipinski definition) is 2. The summed E-state index contributed by atoms with van der Waals surface area (Å²) < 4.78 is 18.9. The smallest absolute Gasteiger partial charge is 0.407 e. The molecule has 1 aliphatic heterocycles. The number of nitrogens with one attached hydrogen (secondary N) is 1. The van der Waals surface area contributed by atoms with Crippen molar-refractivity contribution >= 4 is 41.7 Å². The summed E-state index contributed by atoms with van der Waals surface area (Å²) >= 11 is 11.9. The maximum absolute atomic E-state index is 14.0. The van der Waals surface area contributed by atoms with Gasteiger partial charge in [-0.1, -0.05) is 37.0 Å². The van der Waals surface area contributed by atoms with Crippen molar-refractivity contribution in [2.45, 2.75) is 19.9 Å². The second-order valence-corrected chi connectivity index (χ2v) is 5.68. The molecule has 1 heterocycles. The Balaban J connectivity index is 0.00000180. The molecule has 106 valence electrons. The molecule has 1 amide bonds. The van der Waals surface area contributed by atoms with Gasteiger partial charge in [0.15, 0.2) is 0 Å². The van der Waals surface area contributed by atoms with Gasteiger partial charge in [0.25, 0.3) is 0 Å². The van der Waals surface area contributed by atoms with E-state index in [-0.39, 0.29) is 34.6 Å². The number of cyclic esters (lactones) is 1. The van der Waals surface area contributed by atoms with Crippen LogP contribution < -0.4 is 5.32 Å². The molecular formula is C12H13Cl3FNO2. The highest BCUT2D eigenvalue weighted by atomic mass is 35.5. The monoisotopic (exact) mass is 327 g/mol. The minimum absolute atomic E-state index is 0. The van der Waals surface area contributed by atoms with E-state index in [4.69, 9.17) is 27.9 Å². The second kappa shape index (κ2) is 5.73. The molecular weight excluding hydrogens is 315 g/mol. The van der Waals surface area contributed by atoms with Gasteiger partial charge in [0, 0.05) is 11.0 Å². The van der Waals surface area contributed by atoms with Gasteiger partial charge in [0.2, 0.25) is 0 Å². The van der Waals surface area contributed by atoms with Crippen LogP contribution in [0.25, 0.3) is 0 Å². The van der Waals surface area contributed by atoms with E-state index >= 15 is 0 Å². The second-order valence-electron chi connectivity index (χ2n) is 4.90. The van der Waals surface area contributed by atoms with E-state index in [1.807, 2.05) is 13.8 Å². The lowest BCUT2D eigenvalue weighted by molar-refractivity contribution is 0.0378. The average Bonchev–Trinajstić information content (AvgIpc) is 2.29. The fraction of sp³-hybridized carbons (Fsp3) is 0.417. The molecule has 0 radical (unpaired) electrons. The maximum atomic E-state index is 14.0. The van der Waals surface area contributed by atoms with Crippen molar-refractivity contribution in [1.29, 1.82) is 0 Å². The van der Waals surface area contributed by atoms with Crippen LogP contribution in [0.4, 0.5) is 9.18 Å². The molecule has 0 bridgehead atoms. The van der Waals surface area contributed by atoms with Crippen LogP contribution in [0.2, 0.25) is 10.0 Å². The summed E-state index contributed by atoms with van der Waals surface area (Å²) in [5.74, 6) is -0.496. The summed E-state index contributed by atoms with van der Waals surface area (Å²) in [7, 11) is 0. The van der Waals surface area contributed by atoms with Crippen molar-refractivity contribution in [3.8, 4) is 0 Å². The number of hydrogen-bond donors (Lipinski definition) is 1. The van der Waals surface area contributed by atoms with Gasteiger partial charge in [-0.15, -0.1) is 12.4 Å². The normalized spacial score (nSPS) is 21.1. The fourth-order valence-corrected chi connectivity index (χ4v) is 2.39. The van der Waals surface area contributed by atoms with Crippen LogP contribution in [0, 0.1) is 11.2 Å². The SMILES string of the molecule is CC1(C)COC(=O)N[C@@H]1c1c(F)ccc(Cl)c1Cl.Cl. The van der Waals surface area contributed by atoms with Crippen LogP contribution in [0.15, 0.2) is 12.1 Å². The van der Waals surface area contributed by atoms with Gasteiger partial charge in [-0.2, -0.15) is 0 Å². The Morgan fingerprint density at radius 2 is 2.05 bits per heavy atom. The largest absolute Gasteiger partial charge is 0.449 e. The Morgan fingerprint density at radius 1 is 1.42 bits per heavy atom. The third-order valence-corrected chi connectivity index (χ3v) is 3.81. The highest BCUT2D eigenvalue weighted by Gasteiger charge is 2.40. The molecule has 7 heteroatoms. The molecule has 0 aromatic heterocycles. The molecule has 1 aromatic rings. The van der Waals surface area contributed by atoms with Gasteiger partial charge in [-0.3, -0.25) is 0 Å². The molecule has 2 rings (SSSR count). The van der Waals surface area contributed by atoms with Crippen molar-refractivity contribution in [3.05, 3.63) is 33.6 Å². The van der Waals surface area contributed by atoms with Gasteiger partial charge in [-0.25, -0.2) is 9.18 Å². The standard InChI is InChI=1S/C12H12Cl2FNO2.ClH/c1-12(2)5-18-11(17)16-10(12)8-7(15)4-3-6(13)9(8)14;/h3-4,10H,5H2,1-2H3,(H,16,17);1H/t10-;/m1./s1. The first-order valence-electron chi connectivity index (χ1n) is 5.39. The first-order valence-corrected chi connectivity index (χ1v) is 6.15. The van der Waals surface area contributed by atoms with Gasteiger partial charge in [0.1, 0.15) is 12.4 Å². The number of carbonyl (C=O) groups excluding carboxylic acids is 1. The maximum Gasteiger partial charge on any atom is 0.407 e. The number of alkyl carbamates (subject to hydrolysis) is 1. The van der Waals surface area contributed by atoms with Crippen LogP contribution in [0.1, 0.15) is 25.5 Å². The number of benzene rings is 1. The van der Waals surface area contributed by atoms with Crippen molar-refractivity contribution in [2.75, 3.05) is 6.61 Å². The van der Waals surface area contributed by atoms with E-state index in [2.05, 4.69) is 5.32 Å². The molecule has 1 aromatic carbocycles. The fourth-order valence-electron chi connectivity index (χ4n) is 1.96. The molecule has 0 spiro atoms. The number of rotatable bonds is 1. The van der Waals surface area contributed by atoms with E-state index in [1.54, 1.807) is 0 Å². The lowest BCUT2D eigenvalue weighted by Crippen LogP contribution is -2.47. The number of amides is 1. The van der Waals surface area contributed by atoms with E-state index in [0.29, 0.717) is 0 Å². The zero-order valence-corrected chi connectivity index (χ0v) is 12.6. The van der Waals surface area contributed by atoms with Crippen LogP contribution in [-0.2, 0) is 4.74 Å². The van der Waals surface area contributed by atoms with Crippen molar-refractivity contribution in [2.24, 2.45) is 5.41 Å². The molecule has 1 saturated heterocycles. The highest BCUT2D eigenvalue weighted by molar-refractivity contribution is 6.42. The Labute approximate surface area is 126 Å². The zero-order chi connectivity index (χ0) is 13.5. The predicted octanol–water partition coefficient (Wildman–Crippen LogP) is 4.36. The van der Waals surface area contributed by atoms with Gasteiger partial charge >= 0.3 is 6.09 Å².